The Morgan fingerprint density at radius 2 is 1.69 bits per heavy atom. The molecule has 0 aliphatic heterocycles. The van der Waals surface area contributed by atoms with E-state index < -0.39 is 29.7 Å². The fraction of sp³-hybridized carbons (Fsp3) is 0.423. The molecule has 0 fully saturated rings. The van der Waals surface area contributed by atoms with Crippen LogP contribution in [0.4, 0.5) is 9.59 Å². The number of primary amides is 1. The molecule has 0 heterocycles. The number of ether oxygens (including phenoxy) is 2. The number of nitrogens with two attached hydrogens (primary N) is 1. The lowest BCUT2D eigenvalue weighted by molar-refractivity contribution is -0.123. The second-order valence-electron chi connectivity index (χ2n) is 9.14. The first-order chi connectivity index (χ1) is 16.5. The van der Waals surface area contributed by atoms with Crippen LogP contribution in [0, 0.1) is 0 Å². The van der Waals surface area contributed by atoms with Gasteiger partial charge in [-0.1, -0.05) is 42.5 Å². The first kappa shape index (κ1) is 27.5. The predicted molar refractivity (Wildman–Crippen MR) is 132 cm³/mol. The number of hydrogen-bond donors (Lipinski definition) is 3. The molecule has 2 rings (SSSR count). The molecule has 190 valence electrons. The number of phenolic OH excluding ortho intramolecular Hbond substituents is 1. The lowest BCUT2D eigenvalue weighted by Crippen LogP contribution is -2.50. The Bertz CT molecular complexity index is 957. The van der Waals surface area contributed by atoms with E-state index in [4.69, 9.17) is 15.2 Å². The van der Waals surface area contributed by atoms with Crippen LogP contribution in [0.5, 0.6) is 5.75 Å². The number of carbonyl (C=O) groups is 3. The highest BCUT2D eigenvalue weighted by molar-refractivity contribution is 5.84. The number of amides is 3. The Morgan fingerprint density at radius 3 is 2.29 bits per heavy atom. The summed E-state index contributed by atoms with van der Waals surface area (Å²) < 4.78 is 10.7. The summed E-state index contributed by atoms with van der Waals surface area (Å²) in [4.78, 5) is 38.5. The second-order valence-corrected chi connectivity index (χ2v) is 9.14. The SMILES string of the molecule is CC(C)(C)OC(=O)N(CCc1ccc(O)cc1)[C@H](CCCNC(=O)OCc1ccccc1)C(N)=O. The van der Waals surface area contributed by atoms with Gasteiger partial charge in [-0.05, 0) is 63.3 Å². The zero-order chi connectivity index (χ0) is 25.8. The Morgan fingerprint density at radius 1 is 1.03 bits per heavy atom. The average molecular weight is 486 g/mol. The van der Waals surface area contributed by atoms with Gasteiger partial charge in [0.2, 0.25) is 5.91 Å². The Balaban J connectivity index is 1.94. The van der Waals surface area contributed by atoms with Crippen LogP contribution < -0.4 is 11.1 Å². The normalized spacial score (nSPS) is 11.9. The standard InChI is InChI=1S/C26H35N3O6/c1-26(2,3)35-25(33)29(17-15-19-11-13-21(30)14-12-19)22(23(27)31)10-7-16-28-24(32)34-18-20-8-5-4-6-9-20/h4-6,8-9,11-14,22,30H,7,10,15-18H2,1-3H3,(H2,27,31)(H,28,32)/t22-/m1/s1. The molecule has 0 bridgehead atoms. The first-order valence-corrected chi connectivity index (χ1v) is 11.6. The van der Waals surface area contributed by atoms with Gasteiger partial charge in [0.1, 0.15) is 24.0 Å². The molecule has 0 saturated heterocycles. The first-order valence-electron chi connectivity index (χ1n) is 11.6. The average Bonchev–Trinajstić information content (AvgIpc) is 2.79. The fourth-order valence-electron chi connectivity index (χ4n) is 3.32. The smallest absolute Gasteiger partial charge is 0.410 e. The summed E-state index contributed by atoms with van der Waals surface area (Å²) in [6.07, 6.45) is -0.139. The third-order valence-electron chi connectivity index (χ3n) is 5.05. The maximum Gasteiger partial charge on any atom is 0.410 e. The highest BCUT2D eigenvalue weighted by Crippen LogP contribution is 2.17. The van der Waals surface area contributed by atoms with Crippen LogP contribution in [0.2, 0.25) is 0 Å². The van der Waals surface area contributed by atoms with Gasteiger partial charge < -0.3 is 25.6 Å². The number of hydrogen-bond acceptors (Lipinski definition) is 6. The minimum Gasteiger partial charge on any atom is -0.508 e. The summed E-state index contributed by atoms with van der Waals surface area (Å²) in [7, 11) is 0. The van der Waals surface area contributed by atoms with Crippen LogP contribution in [-0.4, -0.2) is 52.8 Å². The van der Waals surface area contributed by atoms with E-state index >= 15 is 0 Å². The van der Waals surface area contributed by atoms with E-state index in [0.29, 0.717) is 12.8 Å². The highest BCUT2D eigenvalue weighted by Gasteiger charge is 2.31. The van der Waals surface area contributed by atoms with Gasteiger partial charge in [-0.25, -0.2) is 9.59 Å². The predicted octanol–water partition coefficient (Wildman–Crippen LogP) is 3.73. The zero-order valence-electron chi connectivity index (χ0n) is 20.5. The lowest BCUT2D eigenvalue weighted by atomic mass is 10.1. The zero-order valence-corrected chi connectivity index (χ0v) is 20.5. The van der Waals surface area contributed by atoms with Gasteiger partial charge in [-0.3, -0.25) is 9.69 Å². The van der Waals surface area contributed by atoms with Gasteiger partial charge in [-0.2, -0.15) is 0 Å². The van der Waals surface area contributed by atoms with Gasteiger partial charge in [0.25, 0.3) is 0 Å². The van der Waals surface area contributed by atoms with Crippen molar-refractivity contribution < 1.29 is 29.0 Å². The van der Waals surface area contributed by atoms with Crippen molar-refractivity contribution in [1.82, 2.24) is 10.2 Å². The van der Waals surface area contributed by atoms with Crippen LogP contribution in [-0.2, 0) is 27.3 Å². The molecule has 2 aromatic carbocycles. The molecule has 0 radical (unpaired) electrons. The van der Waals surface area contributed by atoms with E-state index in [-0.39, 0.29) is 31.9 Å². The molecule has 4 N–H and O–H groups in total. The molecule has 0 aliphatic rings. The van der Waals surface area contributed by atoms with E-state index in [1.807, 2.05) is 30.3 Å². The minimum absolute atomic E-state index is 0.141. The number of rotatable bonds is 11. The number of aromatic hydroxyl groups is 1. The van der Waals surface area contributed by atoms with Crippen molar-refractivity contribution in [2.45, 2.75) is 58.3 Å². The summed E-state index contributed by atoms with van der Waals surface area (Å²) in [6, 6.07) is 15.0. The fourth-order valence-corrected chi connectivity index (χ4v) is 3.32. The number of phenols is 1. The summed E-state index contributed by atoms with van der Waals surface area (Å²) >= 11 is 0. The Hall–Kier alpha value is -3.75. The Kier molecular flexibility index (Phi) is 10.4. The number of carbonyl (C=O) groups excluding carboxylic acids is 3. The van der Waals surface area contributed by atoms with Crippen molar-refractivity contribution in [2.75, 3.05) is 13.1 Å². The van der Waals surface area contributed by atoms with Crippen LogP contribution in [0.1, 0.15) is 44.7 Å². The molecule has 0 saturated carbocycles. The van der Waals surface area contributed by atoms with Gasteiger partial charge in [0.05, 0.1) is 0 Å². The molecule has 0 spiro atoms. The maximum absolute atomic E-state index is 12.9. The van der Waals surface area contributed by atoms with Crippen molar-refractivity contribution in [2.24, 2.45) is 5.73 Å². The summed E-state index contributed by atoms with van der Waals surface area (Å²) in [5.74, 6) is -0.518. The van der Waals surface area contributed by atoms with Crippen molar-refractivity contribution in [1.29, 1.82) is 0 Å². The second kappa shape index (κ2) is 13.2. The maximum atomic E-state index is 12.9. The molecule has 0 unspecified atom stereocenters. The molecule has 0 aromatic heterocycles. The summed E-state index contributed by atoms with van der Waals surface area (Å²) in [5.41, 5.74) is 6.65. The number of benzene rings is 2. The van der Waals surface area contributed by atoms with Crippen molar-refractivity contribution >= 4 is 18.1 Å². The van der Waals surface area contributed by atoms with Crippen LogP contribution in [0.3, 0.4) is 0 Å². The molecular weight excluding hydrogens is 450 g/mol. The van der Waals surface area contributed by atoms with Gasteiger partial charge in [-0.15, -0.1) is 0 Å². The minimum atomic E-state index is -0.913. The molecule has 9 nitrogen and oxygen atoms in total. The quantitative estimate of drug-likeness (QED) is 0.416. The lowest BCUT2D eigenvalue weighted by Gasteiger charge is -2.32. The molecule has 0 aliphatic carbocycles. The topological polar surface area (TPSA) is 131 Å². The monoisotopic (exact) mass is 485 g/mol. The van der Waals surface area contributed by atoms with E-state index in [2.05, 4.69) is 5.32 Å². The summed E-state index contributed by atoms with van der Waals surface area (Å²) in [5, 5.41) is 12.1. The van der Waals surface area contributed by atoms with E-state index in [9.17, 15) is 19.5 Å². The number of alkyl carbamates (subject to hydrolysis) is 1. The van der Waals surface area contributed by atoms with Gasteiger partial charge in [0.15, 0.2) is 0 Å². The molecule has 3 amide bonds. The van der Waals surface area contributed by atoms with Crippen LogP contribution in [0.15, 0.2) is 54.6 Å². The van der Waals surface area contributed by atoms with Crippen molar-refractivity contribution in [3.63, 3.8) is 0 Å². The number of nitrogens with zero attached hydrogens (tertiary/aromatic N) is 1. The summed E-state index contributed by atoms with van der Waals surface area (Å²) in [6.45, 7) is 5.82. The molecular formula is C26H35N3O6. The number of nitrogens with one attached hydrogen (secondary N) is 1. The van der Waals surface area contributed by atoms with Crippen LogP contribution >= 0.6 is 0 Å². The molecule has 2 aromatic rings. The molecule has 9 heteroatoms. The largest absolute Gasteiger partial charge is 0.508 e. The third-order valence-corrected chi connectivity index (χ3v) is 5.05. The van der Waals surface area contributed by atoms with E-state index in [1.165, 1.54) is 4.90 Å². The molecule has 35 heavy (non-hydrogen) atoms. The van der Waals surface area contributed by atoms with E-state index in [0.717, 1.165) is 11.1 Å². The van der Waals surface area contributed by atoms with Gasteiger partial charge >= 0.3 is 12.2 Å². The van der Waals surface area contributed by atoms with Gasteiger partial charge in [0, 0.05) is 13.1 Å². The van der Waals surface area contributed by atoms with Crippen molar-refractivity contribution in [3.8, 4) is 5.75 Å². The molecule has 1 atom stereocenters. The third kappa shape index (κ3) is 10.4. The van der Waals surface area contributed by atoms with Crippen LogP contribution in [0.25, 0.3) is 0 Å². The Labute approximate surface area is 206 Å². The van der Waals surface area contributed by atoms with E-state index in [1.54, 1.807) is 45.0 Å². The highest BCUT2D eigenvalue weighted by atomic mass is 16.6. The van der Waals surface area contributed by atoms with Crippen molar-refractivity contribution in [3.05, 3.63) is 65.7 Å².